The van der Waals surface area contributed by atoms with Crippen molar-refractivity contribution in [1.29, 1.82) is 0 Å². The molecule has 1 unspecified atom stereocenters. The number of alkyl halides is 3. The lowest BCUT2D eigenvalue weighted by atomic mass is 10.1. The first-order valence-corrected chi connectivity index (χ1v) is 12.4. The van der Waals surface area contributed by atoms with E-state index in [1.165, 1.54) is 25.3 Å². The molecule has 0 fully saturated rings. The third-order valence-electron chi connectivity index (χ3n) is 4.91. The molecule has 1 aliphatic heterocycles. The van der Waals surface area contributed by atoms with Gasteiger partial charge in [-0.1, -0.05) is 6.07 Å². The van der Waals surface area contributed by atoms with Gasteiger partial charge in [0.05, 0.1) is 36.2 Å². The van der Waals surface area contributed by atoms with E-state index in [-0.39, 0.29) is 23.5 Å². The van der Waals surface area contributed by atoms with Crippen LogP contribution in [0.1, 0.15) is 32.8 Å². The number of rotatable bonds is 6. The number of fused-ring (bicyclic) bond motifs is 1. The largest absolute Gasteiger partial charge is 0.486 e. The van der Waals surface area contributed by atoms with Gasteiger partial charge in [0, 0.05) is 5.69 Å². The second kappa shape index (κ2) is 10.5. The van der Waals surface area contributed by atoms with E-state index in [0.29, 0.717) is 6.07 Å². The summed E-state index contributed by atoms with van der Waals surface area (Å²) in [5.41, 5.74) is 0.269. The van der Waals surface area contributed by atoms with Crippen LogP contribution < -0.4 is 19.8 Å². The highest BCUT2D eigenvalue weighted by molar-refractivity contribution is 7.92. The summed E-state index contributed by atoms with van der Waals surface area (Å²) in [5, 5.41) is 2.48. The molecule has 37 heavy (non-hydrogen) atoms. The molecule has 0 bridgehead atoms. The van der Waals surface area contributed by atoms with Crippen LogP contribution in [-0.4, -0.2) is 45.8 Å². The molecule has 0 aromatic heterocycles. The molecule has 0 saturated carbocycles. The van der Waals surface area contributed by atoms with Crippen molar-refractivity contribution in [1.82, 2.24) is 5.48 Å². The number of nitrogens with zero attached hydrogens (tertiary/aromatic N) is 1. The molecular formula is C23H26F3N3O7S. The van der Waals surface area contributed by atoms with Crippen LogP contribution >= 0.6 is 0 Å². The van der Waals surface area contributed by atoms with Gasteiger partial charge in [0.1, 0.15) is 17.5 Å². The number of benzene rings is 2. The summed E-state index contributed by atoms with van der Waals surface area (Å²) in [7, 11) is -3.35. The molecule has 202 valence electrons. The Labute approximate surface area is 211 Å². The summed E-state index contributed by atoms with van der Waals surface area (Å²) in [4.78, 5) is 28.2. The van der Waals surface area contributed by atoms with Crippen LogP contribution in [0.4, 0.5) is 29.3 Å². The summed E-state index contributed by atoms with van der Waals surface area (Å²) in [6.07, 6.45) is -6.86. The highest BCUT2D eigenvalue weighted by Crippen LogP contribution is 2.40. The van der Waals surface area contributed by atoms with E-state index in [1.807, 2.05) is 0 Å². The Morgan fingerprint density at radius 1 is 1.14 bits per heavy atom. The number of carbonyl (C=O) groups is 2. The Morgan fingerprint density at radius 3 is 2.46 bits per heavy atom. The summed E-state index contributed by atoms with van der Waals surface area (Å²) < 4.78 is 78.8. The third kappa shape index (κ3) is 7.04. The van der Waals surface area contributed by atoms with Crippen molar-refractivity contribution in [3.63, 3.8) is 0 Å². The second-order valence-electron chi connectivity index (χ2n) is 9.04. The van der Waals surface area contributed by atoms with Crippen LogP contribution in [-0.2, 0) is 30.6 Å². The predicted octanol–water partition coefficient (Wildman–Crippen LogP) is 4.08. The Hall–Kier alpha value is -3.52. The number of carbonyl (C=O) groups excluding carboxylic acids is 2. The lowest BCUT2D eigenvalue weighted by Gasteiger charge is -2.35. The number of nitrogens with one attached hydrogen (secondary N) is 2. The van der Waals surface area contributed by atoms with Gasteiger partial charge in [-0.2, -0.15) is 13.2 Å². The highest BCUT2D eigenvalue weighted by atomic mass is 32.2. The van der Waals surface area contributed by atoms with Crippen LogP contribution in [0.25, 0.3) is 0 Å². The first-order chi connectivity index (χ1) is 17.1. The molecule has 10 nitrogen and oxygen atoms in total. The number of sulfonamides is 1. The monoisotopic (exact) mass is 545 g/mol. The van der Waals surface area contributed by atoms with Crippen LogP contribution in [0.3, 0.4) is 0 Å². The fourth-order valence-electron chi connectivity index (χ4n) is 3.47. The molecule has 1 atom stereocenters. The Bertz CT molecular complexity index is 1280. The van der Waals surface area contributed by atoms with E-state index in [9.17, 15) is 31.2 Å². The number of hydrogen-bond acceptors (Lipinski definition) is 7. The van der Waals surface area contributed by atoms with Crippen LogP contribution in [0.2, 0.25) is 0 Å². The zero-order valence-corrected chi connectivity index (χ0v) is 21.2. The topological polar surface area (TPSA) is 123 Å². The Balaban J connectivity index is 2.03. The maximum atomic E-state index is 13.6. The zero-order valence-electron chi connectivity index (χ0n) is 20.4. The van der Waals surface area contributed by atoms with Crippen molar-refractivity contribution in [2.24, 2.45) is 0 Å². The fraction of sp³-hybridized carbons (Fsp3) is 0.391. The van der Waals surface area contributed by atoms with Gasteiger partial charge in [0.25, 0.3) is 10.0 Å². The summed E-state index contributed by atoms with van der Waals surface area (Å²) in [6, 6.07) is 7.39. The number of hydrogen-bond donors (Lipinski definition) is 2. The Morgan fingerprint density at radius 2 is 1.84 bits per heavy atom. The molecule has 14 heteroatoms. The molecule has 1 heterocycles. The maximum Gasteiger partial charge on any atom is 0.416 e. The van der Waals surface area contributed by atoms with E-state index >= 15 is 0 Å². The van der Waals surface area contributed by atoms with Crippen molar-refractivity contribution >= 4 is 33.4 Å². The molecular weight excluding hydrogens is 519 g/mol. The maximum absolute atomic E-state index is 13.6. The second-order valence-corrected chi connectivity index (χ2v) is 10.9. The minimum atomic E-state index is -4.76. The van der Waals surface area contributed by atoms with E-state index < -0.39 is 56.9 Å². The van der Waals surface area contributed by atoms with Crippen molar-refractivity contribution in [2.75, 3.05) is 23.3 Å². The van der Waals surface area contributed by atoms with E-state index in [0.717, 1.165) is 22.5 Å². The fourth-order valence-corrected chi connectivity index (χ4v) is 5.01. The average Bonchev–Trinajstić information content (AvgIpc) is 2.77. The van der Waals surface area contributed by atoms with Gasteiger partial charge in [0.2, 0.25) is 5.91 Å². The van der Waals surface area contributed by atoms with Crippen molar-refractivity contribution in [2.45, 2.75) is 50.0 Å². The number of halogens is 3. The van der Waals surface area contributed by atoms with Gasteiger partial charge in [0.15, 0.2) is 0 Å². The molecule has 2 amide bonds. The molecule has 0 spiro atoms. The Kier molecular flexibility index (Phi) is 7.93. The van der Waals surface area contributed by atoms with Crippen LogP contribution in [0.15, 0.2) is 47.4 Å². The minimum absolute atomic E-state index is 0.0340. The molecule has 0 radical (unpaired) electrons. The highest BCUT2D eigenvalue weighted by Gasteiger charge is 2.38. The smallest absolute Gasteiger partial charge is 0.416 e. The lowest BCUT2D eigenvalue weighted by Crippen LogP contribution is -2.45. The van der Waals surface area contributed by atoms with Gasteiger partial charge in [-0.05, 0) is 57.2 Å². The molecule has 3 rings (SSSR count). The van der Waals surface area contributed by atoms with Gasteiger partial charge >= 0.3 is 12.3 Å². The lowest BCUT2D eigenvalue weighted by molar-refractivity contribution is -0.137. The number of hydroxylamine groups is 1. The summed E-state index contributed by atoms with van der Waals surface area (Å²) in [5.74, 6) is -0.567. The zero-order chi connectivity index (χ0) is 27.6. The van der Waals surface area contributed by atoms with Gasteiger partial charge in [-0.3, -0.25) is 19.3 Å². The van der Waals surface area contributed by atoms with Crippen LogP contribution in [0, 0.1) is 0 Å². The molecule has 0 saturated heterocycles. The summed E-state index contributed by atoms with van der Waals surface area (Å²) >= 11 is 0. The average molecular weight is 546 g/mol. The van der Waals surface area contributed by atoms with E-state index in [2.05, 4.69) is 15.6 Å². The number of anilines is 2. The van der Waals surface area contributed by atoms with Gasteiger partial charge < -0.3 is 9.47 Å². The third-order valence-corrected chi connectivity index (χ3v) is 6.69. The van der Waals surface area contributed by atoms with Crippen molar-refractivity contribution in [3.05, 3.63) is 48.0 Å². The first kappa shape index (κ1) is 28.1. The minimum Gasteiger partial charge on any atom is -0.486 e. The van der Waals surface area contributed by atoms with Crippen molar-refractivity contribution in [3.8, 4) is 5.75 Å². The standard InChI is InChI=1S/C23H26F3N3O7S/c1-22(2,3)36-21(31)27-15-8-9-19-18(11-15)29(13-16(35-19)12-20(30)28-34-4)37(32,33)17-7-5-6-14(10-17)23(24,25)26/h5-11,16H,12-13H2,1-4H3,(H,27,31)(H,28,30). The normalized spacial score (nSPS) is 15.9. The van der Waals surface area contributed by atoms with E-state index in [4.69, 9.17) is 9.47 Å². The van der Waals surface area contributed by atoms with E-state index in [1.54, 1.807) is 20.8 Å². The summed E-state index contributed by atoms with van der Waals surface area (Å²) in [6.45, 7) is 4.59. The molecule has 2 N–H and O–H groups in total. The number of ether oxygens (including phenoxy) is 2. The van der Waals surface area contributed by atoms with Gasteiger partial charge in [-0.15, -0.1) is 0 Å². The predicted molar refractivity (Wildman–Crippen MR) is 126 cm³/mol. The molecule has 2 aromatic rings. The SMILES string of the molecule is CONC(=O)CC1CN(S(=O)(=O)c2cccc(C(F)(F)F)c2)c2cc(NC(=O)OC(C)(C)C)ccc2O1. The van der Waals surface area contributed by atoms with Crippen molar-refractivity contribution < 1.29 is 45.5 Å². The molecule has 2 aromatic carbocycles. The molecule has 0 aliphatic carbocycles. The quantitative estimate of drug-likeness (QED) is 0.525. The molecule has 1 aliphatic rings. The number of amides is 2. The first-order valence-electron chi connectivity index (χ1n) is 10.9. The van der Waals surface area contributed by atoms with Gasteiger partial charge in [-0.25, -0.2) is 18.7 Å². The van der Waals surface area contributed by atoms with Crippen LogP contribution in [0.5, 0.6) is 5.75 Å².